The summed E-state index contributed by atoms with van der Waals surface area (Å²) in [6.45, 7) is 0.258. The predicted molar refractivity (Wildman–Crippen MR) is 42.5 cm³/mol. The van der Waals surface area contributed by atoms with Crippen molar-refractivity contribution in [2.24, 2.45) is 0 Å². The molecule has 1 nitrogen and oxygen atoms in total. The van der Waals surface area contributed by atoms with Gasteiger partial charge in [-0.25, -0.2) is 0 Å². The standard InChI is InChI=1S/C4H7IOS/c5-7-4-2-1-3-6/h2,4,6H,1,3H2. The van der Waals surface area contributed by atoms with Crippen LogP contribution in [0.15, 0.2) is 11.5 Å². The topological polar surface area (TPSA) is 20.2 Å². The second-order valence-electron chi connectivity index (χ2n) is 0.973. The van der Waals surface area contributed by atoms with Gasteiger partial charge in [0, 0.05) is 27.8 Å². The van der Waals surface area contributed by atoms with Crippen molar-refractivity contribution in [3.63, 3.8) is 0 Å². The van der Waals surface area contributed by atoms with Crippen LogP contribution in [0.2, 0.25) is 0 Å². The van der Waals surface area contributed by atoms with Gasteiger partial charge in [0.1, 0.15) is 0 Å². The lowest BCUT2D eigenvalue weighted by Gasteiger charge is -1.78. The molecule has 1 N–H and O–H groups in total. The van der Waals surface area contributed by atoms with Crippen LogP contribution in [0.4, 0.5) is 0 Å². The van der Waals surface area contributed by atoms with Crippen LogP contribution in [0.3, 0.4) is 0 Å². The van der Waals surface area contributed by atoms with Gasteiger partial charge in [0.25, 0.3) is 0 Å². The van der Waals surface area contributed by atoms with E-state index in [9.17, 15) is 0 Å². The Bertz CT molecular complexity index is 55.7. The minimum atomic E-state index is 0.258. The van der Waals surface area contributed by atoms with Crippen LogP contribution in [0.5, 0.6) is 0 Å². The van der Waals surface area contributed by atoms with E-state index in [0.29, 0.717) is 0 Å². The predicted octanol–water partition coefficient (Wildman–Crippen LogP) is 1.97. The lowest BCUT2D eigenvalue weighted by Crippen LogP contribution is -1.72. The van der Waals surface area contributed by atoms with Crippen molar-refractivity contribution in [2.75, 3.05) is 6.61 Å². The quantitative estimate of drug-likeness (QED) is 0.748. The molecule has 0 aliphatic carbocycles. The van der Waals surface area contributed by atoms with Gasteiger partial charge in [-0.05, 0) is 11.8 Å². The zero-order valence-corrected chi connectivity index (χ0v) is 6.78. The maximum atomic E-state index is 8.23. The second-order valence-corrected chi connectivity index (χ2v) is 2.95. The molecule has 0 saturated heterocycles. The Kier molecular flexibility index (Phi) is 7.54. The Morgan fingerprint density at radius 2 is 2.43 bits per heavy atom. The Morgan fingerprint density at radius 3 is 2.86 bits per heavy atom. The van der Waals surface area contributed by atoms with Gasteiger partial charge in [-0.15, -0.1) is 0 Å². The van der Waals surface area contributed by atoms with Crippen LogP contribution in [-0.2, 0) is 0 Å². The molecule has 0 aromatic rings. The lowest BCUT2D eigenvalue weighted by atomic mass is 10.5. The molecule has 0 heterocycles. The fraction of sp³-hybridized carbons (Fsp3) is 0.500. The molecular formula is C4H7IOS. The first-order chi connectivity index (χ1) is 3.41. The van der Waals surface area contributed by atoms with Crippen molar-refractivity contribution >= 4 is 30.1 Å². The van der Waals surface area contributed by atoms with E-state index < -0.39 is 0 Å². The third-order valence-corrected chi connectivity index (χ3v) is 1.62. The van der Waals surface area contributed by atoms with E-state index in [2.05, 4.69) is 21.2 Å². The number of aliphatic hydroxyl groups excluding tert-OH is 1. The summed E-state index contributed by atoms with van der Waals surface area (Å²) in [5.74, 6) is 0. The number of hydrogen-bond acceptors (Lipinski definition) is 2. The summed E-state index contributed by atoms with van der Waals surface area (Å²) in [6, 6.07) is 0. The van der Waals surface area contributed by atoms with Crippen LogP contribution in [0.25, 0.3) is 0 Å². The first-order valence-corrected chi connectivity index (χ1v) is 5.37. The van der Waals surface area contributed by atoms with E-state index in [1.54, 1.807) is 8.93 Å². The fourth-order valence-electron chi connectivity index (χ4n) is 0.179. The highest BCUT2D eigenvalue weighted by atomic mass is 127. The molecule has 0 spiro atoms. The van der Waals surface area contributed by atoms with Gasteiger partial charge in [-0.3, -0.25) is 0 Å². The van der Waals surface area contributed by atoms with Crippen molar-refractivity contribution in [3.8, 4) is 0 Å². The van der Waals surface area contributed by atoms with Crippen LogP contribution < -0.4 is 0 Å². The van der Waals surface area contributed by atoms with Crippen LogP contribution in [0.1, 0.15) is 6.42 Å². The third-order valence-electron chi connectivity index (χ3n) is 0.443. The maximum Gasteiger partial charge on any atom is 0.0465 e. The molecule has 3 heteroatoms. The highest BCUT2D eigenvalue weighted by Gasteiger charge is 1.70. The van der Waals surface area contributed by atoms with Crippen molar-refractivity contribution in [1.82, 2.24) is 0 Å². The largest absolute Gasteiger partial charge is 0.396 e. The molecule has 0 aliphatic heterocycles. The van der Waals surface area contributed by atoms with Gasteiger partial charge < -0.3 is 5.11 Å². The Labute approximate surface area is 59.8 Å². The van der Waals surface area contributed by atoms with Gasteiger partial charge in [0.05, 0.1) is 0 Å². The molecule has 0 bridgehead atoms. The Balaban J connectivity index is 2.78. The van der Waals surface area contributed by atoms with Gasteiger partial charge in [-0.2, -0.15) is 0 Å². The molecule has 0 amide bonds. The average Bonchev–Trinajstić information content (AvgIpc) is 1.69. The summed E-state index contributed by atoms with van der Waals surface area (Å²) in [5, 5.41) is 10.2. The van der Waals surface area contributed by atoms with Crippen molar-refractivity contribution in [1.29, 1.82) is 0 Å². The van der Waals surface area contributed by atoms with Crippen molar-refractivity contribution in [3.05, 3.63) is 11.5 Å². The number of rotatable bonds is 3. The molecule has 0 saturated carbocycles. The minimum absolute atomic E-state index is 0.258. The summed E-state index contributed by atoms with van der Waals surface area (Å²) in [7, 11) is 1.62. The summed E-state index contributed by atoms with van der Waals surface area (Å²) in [6.07, 6.45) is 2.72. The highest BCUT2D eigenvalue weighted by molar-refractivity contribution is 14.2. The molecule has 0 fully saturated rings. The summed E-state index contributed by atoms with van der Waals surface area (Å²) in [5.41, 5.74) is 0. The van der Waals surface area contributed by atoms with Crippen LogP contribution in [0, 0.1) is 0 Å². The lowest BCUT2D eigenvalue weighted by molar-refractivity contribution is 0.302. The fourth-order valence-corrected chi connectivity index (χ4v) is 1.01. The molecule has 0 rings (SSSR count). The van der Waals surface area contributed by atoms with Gasteiger partial charge in [0.2, 0.25) is 0 Å². The van der Waals surface area contributed by atoms with E-state index in [1.165, 1.54) is 0 Å². The molecule has 0 aromatic heterocycles. The molecule has 0 aliphatic rings. The van der Waals surface area contributed by atoms with Gasteiger partial charge >= 0.3 is 0 Å². The highest BCUT2D eigenvalue weighted by Crippen LogP contribution is 2.11. The molecule has 0 atom stereocenters. The number of aliphatic hydroxyl groups is 1. The monoisotopic (exact) mass is 230 g/mol. The third kappa shape index (κ3) is 6.78. The van der Waals surface area contributed by atoms with E-state index in [4.69, 9.17) is 5.11 Å². The minimum Gasteiger partial charge on any atom is -0.396 e. The normalized spacial score (nSPS) is 10.6. The van der Waals surface area contributed by atoms with Crippen LogP contribution in [-0.4, -0.2) is 11.7 Å². The molecule has 0 aromatic carbocycles. The molecular weight excluding hydrogens is 223 g/mol. The first-order valence-electron chi connectivity index (χ1n) is 1.95. The van der Waals surface area contributed by atoms with Gasteiger partial charge in [0.15, 0.2) is 0 Å². The Morgan fingerprint density at radius 1 is 1.71 bits per heavy atom. The molecule has 0 unspecified atom stereocenters. The zero-order valence-electron chi connectivity index (χ0n) is 3.80. The Hall–Kier alpha value is 0.780. The van der Waals surface area contributed by atoms with E-state index in [1.807, 2.05) is 11.5 Å². The molecule has 0 radical (unpaired) electrons. The second kappa shape index (κ2) is 6.78. The van der Waals surface area contributed by atoms with E-state index in [0.717, 1.165) is 6.42 Å². The smallest absolute Gasteiger partial charge is 0.0465 e. The summed E-state index contributed by atoms with van der Waals surface area (Å²) >= 11 is 2.18. The van der Waals surface area contributed by atoms with E-state index in [-0.39, 0.29) is 6.61 Å². The SMILES string of the molecule is OCCC=CSI. The molecule has 7 heavy (non-hydrogen) atoms. The van der Waals surface area contributed by atoms with Crippen molar-refractivity contribution < 1.29 is 5.11 Å². The molecule has 42 valence electrons. The van der Waals surface area contributed by atoms with Gasteiger partial charge in [-0.1, -0.05) is 15.0 Å². The summed E-state index contributed by atoms with van der Waals surface area (Å²) in [4.78, 5) is 0. The first kappa shape index (κ1) is 7.78. The number of halogens is 1. The van der Waals surface area contributed by atoms with Crippen molar-refractivity contribution in [2.45, 2.75) is 6.42 Å². The maximum absolute atomic E-state index is 8.23. The van der Waals surface area contributed by atoms with E-state index >= 15 is 0 Å². The van der Waals surface area contributed by atoms with Crippen LogP contribution >= 0.6 is 30.1 Å². The zero-order chi connectivity index (χ0) is 5.54. The summed E-state index contributed by atoms with van der Waals surface area (Å²) < 4.78 is 0. The number of hydrogen-bond donors (Lipinski definition) is 1. The average molecular weight is 230 g/mol.